The highest BCUT2D eigenvalue weighted by molar-refractivity contribution is 5.97. The number of amides is 2. The summed E-state index contributed by atoms with van der Waals surface area (Å²) in [5.74, 6) is -1.20. The molecule has 184 valence electrons. The SMILES string of the molecule is CCOC(=O)C1CCN(C(=O)CN(C)C(=O)c2cnn(-c3cccc(C(F)(F)F)c3)c2C)CC1. The number of rotatable bonds is 6. The molecule has 1 aliphatic heterocycles. The van der Waals surface area contributed by atoms with Crippen molar-refractivity contribution < 1.29 is 32.3 Å². The largest absolute Gasteiger partial charge is 0.466 e. The van der Waals surface area contributed by atoms with Gasteiger partial charge in [0, 0.05) is 20.1 Å². The van der Waals surface area contributed by atoms with Crippen LogP contribution in [0.4, 0.5) is 13.2 Å². The number of carbonyl (C=O) groups is 3. The predicted octanol–water partition coefficient (Wildman–Crippen LogP) is 3.07. The fraction of sp³-hybridized carbons (Fsp3) is 0.478. The third kappa shape index (κ3) is 5.57. The maximum absolute atomic E-state index is 13.0. The van der Waals surface area contributed by atoms with Gasteiger partial charge in [0.1, 0.15) is 0 Å². The Morgan fingerprint density at radius 2 is 1.88 bits per heavy atom. The number of esters is 1. The van der Waals surface area contributed by atoms with Gasteiger partial charge in [0.25, 0.3) is 5.91 Å². The Balaban J connectivity index is 1.64. The number of carbonyl (C=O) groups excluding carboxylic acids is 3. The monoisotopic (exact) mass is 480 g/mol. The standard InChI is InChI=1S/C23H27F3N4O4/c1-4-34-22(33)16-8-10-29(11-9-16)20(31)14-28(3)21(32)19-13-27-30(15(19)2)18-7-5-6-17(12-18)23(24,25)26/h5-7,12-13,16H,4,8-11,14H2,1-3H3. The molecule has 0 spiro atoms. The topological polar surface area (TPSA) is 84.7 Å². The van der Waals surface area contributed by atoms with Gasteiger partial charge in [-0.1, -0.05) is 6.07 Å². The summed E-state index contributed by atoms with van der Waals surface area (Å²) in [7, 11) is 1.48. The average molecular weight is 480 g/mol. The van der Waals surface area contributed by atoms with Crippen LogP contribution in [0.1, 0.15) is 41.4 Å². The predicted molar refractivity (Wildman–Crippen MR) is 116 cm³/mol. The molecule has 1 aromatic heterocycles. The lowest BCUT2D eigenvalue weighted by atomic mass is 9.97. The Morgan fingerprint density at radius 1 is 1.21 bits per heavy atom. The van der Waals surface area contributed by atoms with Crippen molar-refractivity contribution in [3.63, 3.8) is 0 Å². The molecule has 0 bridgehead atoms. The Morgan fingerprint density at radius 3 is 2.50 bits per heavy atom. The van der Waals surface area contributed by atoms with Gasteiger partial charge < -0.3 is 14.5 Å². The minimum atomic E-state index is -4.50. The Kier molecular flexibility index (Phi) is 7.63. The maximum Gasteiger partial charge on any atom is 0.416 e. The zero-order chi connectivity index (χ0) is 25.0. The van der Waals surface area contributed by atoms with Crippen LogP contribution in [-0.2, 0) is 20.5 Å². The number of benzene rings is 1. The van der Waals surface area contributed by atoms with E-state index in [9.17, 15) is 27.6 Å². The molecule has 0 saturated carbocycles. The van der Waals surface area contributed by atoms with Gasteiger partial charge in [-0.05, 0) is 44.9 Å². The molecular formula is C23H27F3N4O4. The van der Waals surface area contributed by atoms with Gasteiger partial charge in [-0.3, -0.25) is 14.4 Å². The van der Waals surface area contributed by atoms with Gasteiger partial charge in [-0.25, -0.2) is 4.68 Å². The Hall–Kier alpha value is -3.37. The molecule has 1 saturated heterocycles. The van der Waals surface area contributed by atoms with Gasteiger partial charge in [0.15, 0.2) is 0 Å². The lowest BCUT2D eigenvalue weighted by molar-refractivity contribution is -0.151. The van der Waals surface area contributed by atoms with E-state index in [0.29, 0.717) is 38.2 Å². The molecule has 3 rings (SSSR count). The van der Waals surface area contributed by atoms with Crippen LogP contribution in [0.25, 0.3) is 5.69 Å². The van der Waals surface area contributed by atoms with Crippen molar-refractivity contribution in [2.24, 2.45) is 5.92 Å². The number of likely N-dealkylation sites (tertiary alicyclic amines) is 1. The van der Waals surface area contributed by atoms with Crippen LogP contribution in [-0.4, -0.2) is 70.7 Å². The van der Waals surface area contributed by atoms with Crippen molar-refractivity contribution in [1.82, 2.24) is 19.6 Å². The number of nitrogens with zero attached hydrogens (tertiary/aromatic N) is 4. The number of hydrogen-bond acceptors (Lipinski definition) is 5. The van der Waals surface area contributed by atoms with Crippen LogP contribution < -0.4 is 0 Å². The van der Waals surface area contributed by atoms with Gasteiger partial charge in [0.05, 0.1) is 47.8 Å². The second kappa shape index (κ2) is 10.3. The summed E-state index contributed by atoms with van der Waals surface area (Å²) in [6.07, 6.45) is -2.21. The quantitative estimate of drug-likeness (QED) is 0.594. The summed E-state index contributed by atoms with van der Waals surface area (Å²) >= 11 is 0. The zero-order valence-electron chi connectivity index (χ0n) is 19.3. The smallest absolute Gasteiger partial charge is 0.416 e. The highest BCUT2D eigenvalue weighted by Crippen LogP contribution is 2.30. The van der Waals surface area contributed by atoms with E-state index < -0.39 is 17.6 Å². The number of halogens is 3. The zero-order valence-corrected chi connectivity index (χ0v) is 19.3. The van der Waals surface area contributed by atoms with Gasteiger partial charge >= 0.3 is 12.1 Å². The van der Waals surface area contributed by atoms with Crippen molar-refractivity contribution in [1.29, 1.82) is 0 Å². The van der Waals surface area contributed by atoms with E-state index in [4.69, 9.17) is 4.74 Å². The summed E-state index contributed by atoms with van der Waals surface area (Å²) in [4.78, 5) is 40.3. The normalized spacial score (nSPS) is 14.7. The molecule has 0 unspecified atom stereocenters. The minimum Gasteiger partial charge on any atom is -0.466 e. The van der Waals surface area contributed by atoms with E-state index in [1.807, 2.05) is 0 Å². The summed E-state index contributed by atoms with van der Waals surface area (Å²) in [5.41, 5.74) is -0.0931. The fourth-order valence-electron chi connectivity index (χ4n) is 3.90. The van der Waals surface area contributed by atoms with Crippen LogP contribution in [0, 0.1) is 12.8 Å². The van der Waals surface area contributed by atoms with E-state index in [-0.39, 0.29) is 35.6 Å². The second-order valence-electron chi connectivity index (χ2n) is 8.17. The highest BCUT2D eigenvalue weighted by atomic mass is 19.4. The summed E-state index contributed by atoms with van der Waals surface area (Å²) < 4.78 is 45.4. The Labute approximate surface area is 195 Å². The van der Waals surface area contributed by atoms with Crippen molar-refractivity contribution in [2.45, 2.75) is 32.9 Å². The molecule has 8 nitrogen and oxygen atoms in total. The van der Waals surface area contributed by atoms with E-state index in [1.54, 1.807) is 18.7 Å². The van der Waals surface area contributed by atoms with Crippen LogP contribution in [0.3, 0.4) is 0 Å². The third-order valence-electron chi connectivity index (χ3n) is 5.84. The number of ether oxygens (including phenoxy) is 1. The summed E-state index contributed by atoms with van der Waals surface area (Å²) in [5, 5.41) is 4.08. The highest BCUT2D eigenvalue weighted by Gasteiger charge is 2.31. The average Bonchev–Trinajstić information content (AvgIpc) is 3.19. The first-order valence-electron chi connectivity index (χ1n) is 10.9. The first-order valence-corrected chi connectivity index (χ1v) is 10.9. The van der Waals surface area contributed by atoms with Crippen LogP contribution in [0.2, 0.25) is 0 Å². The number of piperidine rings is 1. The fourth-order valence-corrected chi connectivity index (χ4v) is 3.90. The molecule has 0 N–H and O–H groups in total. The molecule has 11 heteroatoms. The number of hydrogen-bond donors (Lipinski definition) is 0. The second-order valence-corrected chi connectivity index (χ2v) is 8.17. The summed E-state index contributed by atoms with van der Waals surface area (Å²) in [6, 6.07) is 4.66. The molecule has 2 heterocycles. The minimum absolute atomic E-state index is 0.170. The number of likely N-dealkylation sites (N-methyl/N-ethyl adjacent to an activating group) is 1. The van der Waals surface area contributed by atoms with E-state index >= 15 is 0 Å². The Bertz CT molecular complexity index is 1060. The van der Waals surface area contributed by atoms with E-state index in [1.165, 1.54) is 35.0 Å². The van der Waals surface area contributed by atoms with Crippen molar-refractivity contribution in [3.05, 3.63) is 47.3 Å². The lowest BCUT2D eigenvalue weighted by Crippen LogP contribution is -2.45. The van der Waals surface area contributed by atoms with E-state index in [2.05, 4.69) is 5.10 Å². The molecule has 0 radical (unpaired) electrons. The van der Waals surface area contributed by atoms with Crippen molar-refractivity contribution >= 4 is 17.8 Å². The molecular weight excluding hydrogens is 453 g/mol. The van der Waals surface area contributed by atoms with Crippen LogP contribution in [0.5, 0.6) is 0 Å². The van der Waals surface area contributed by atoms with Crippen molar-refractivity contribution in [2.75, 3.05) is 33.3 Å². The van der Waals surface area contributed by atoms with Crippen LogP contribution in [0.15, 0.2) is 30.5 Å². The molecule has 0 atom stereocenters. The molecule has 2 amide bonds. The van der Waals surface area contributed by atoms with Gasteiger partial charge in [-0.2, -0.15) is 18.3 Å². The molecule has 1 fully saturated rings. The van der Waals surface area contributed by atoms with E-state index in [0.717, 1.165) is 12.1 Å². The van der Waals surface area contributed by atoms with Crippen LogP contribution >= 0.6 is 0 Å². The molecule has 2 aromatic rings. The third-order valence-corrected chi connectivity index (χ3v) is 5.84. The number of aromatic nitrogens is 2. The molecule has 1 aliphatic rings. The first-order chi connectivity index (χ1) is 16.0. The molecule has 1 aromatic carbocycles. The van der Waals surface area contributed by atoms with Crippen molar-refractivity contribution in [3.8, 4) is 5.69 Å². The maximum atomic E-state index is 13.0. The van der Waals surface area contributed by atoms with Gasteiger partial charge in [0.2, 0.25) is 5.91 Å². The molecule has 0 aliphatic carbocycles. The molecule has 34 heavy (non-hydrogen) atoms. The summed E-state index contributed by atoms with van der Waals surface area (Å²) in [6.45, 7) is 4.27. The first kappa shape index (κ1) is 25.3. The number of alkyl halides is 3. The van der Waals surface area contributed by atoms with Gasteiger partial charge in [-0.15, -0.1) is 0 Å². The lowest BCUT2D eigenvalue weighted by Gasteiger charge is -2.32.